The Morgan fingerprint density at radius 2 is 1.77 bits per heavy atom. The molecule has 80 valence electrons. The monoisotopic (exact) mass is 187 g/mol. The Morgan fingerprint density at radius 1 is 1.23 bits per heavy atom. The van der Waals surface area contributed by atoms with Crippen molar-refractivity contribution in [3.05, 3.63) is 0 Å². The van der Waals surface area contributed by atoms with Crippen molar-refractivity contribution in [3.8, 4) is 0 Å². The maximum Gasteiger partial charge on any atom is 0.0518 e. The van der Waals surface area contributed by atoms with Gasteiger partial charge in [0.1, 0.15) is 0 Å². The largest absolute Gasteiger partial charge is 0.379 e. The molecule has 0 bridgehead atoms. The van der Waals surface area contributed by atoms with Gasteiger partial charge in [-0.1, -0.05) is 20.8 Å². The molecule has 0 spiro atoms. The molecule has 0 fully saturated rings. The molecule has 2 nitrogen and oxygen atoms in total. The second-order valence-corrected chi connectivity index (χ2v) is 5.01. The van der Waals surface area contributed by atoms with Crippen LogP contribution in [0, 0.1) is 11.3 Å². The maximum absolute atomic E-state index is 5.72. The fraction of sp³-hybridized carbons (Fsp3) is 1.00. The Hall–Kier alpha value is -0.0800. The molecule has 0 radical (unpaired) electrons. The summed E-state index contributed by atoms with van der Waals surface area (Å²) in [6.45, 7) is 12.4. The van der Waals surface area contributed by atoms with Crippen LogP contribution in [0.15, 0.2) is 0 Å². The second-order valence-electron chi connectivity index (χ2n) is 5.01. The zero-order valence-corrected chi connectivity index (χ0v) is 9.76. The Balaban J connectivity index is 3.73. The van der Waals surface area contributed by atoms with Crippen molar-refractivity contribution in [1.29, 1.82) is 0 Å². The molecule has 2 N–H and O–H groups in total. The lowest BCUT2D eigenvalue weighted by atomic mass is 9.79. The van der Waals surface area contributed by atoms with Crippen LogP contribution < -0.4 is 5.73 Å². The normalized spacial score (nSPS) is 15.0. The lowest BCUT2D eigenvalue weighted by molar-refractivity contribution is 0.0563. The topological polar surface area (TPSA) is 35.2 Å². The number of hydrogen-bond acceptors (Lipinski definition) is 2. The zero-order chi connectivity index (χ0) is 10.5. The molecule has 13 heavy (non-hydrogen) atoms. The van der Waals surface area contributed by atoms with E-state index >= 15 is 0 Å². The highest BCUT2D eigenvalue weighted by Crippen LogP contribution is 2.27. The first-order valence-corrected chi connectivity index (χ1v) is 5.19. The summed E-state index contributed by atoms with van der Waals surface area (Å²) in [5.74, 6) is 0.561. The van der Waals surface area contributed by atoms with Gasteiger partial charge in [0, 0.05) is 6.61 Å². The van der Waals surface area contributed by atoms with E-state index in [1.165, 1.54) is 0 Å². The molecular weight excluding hydrogens is 162 g/mol. The summed E-state index contributed by atoms with van der Waals surface area (Å²) >= 11 is 0. The second kappa shape index (κ2) is 5.61. The minimum absolute atomic E-state index is 0.301. The molecule has 0 rings (SSSR count). The molecule has 0 aliphatic heterocycles. The quantitative estimate of drug-likeness (QED) is 0.717. The van der Waals surface area contributed by atoms with Crippen LogP contribution in [-0.4, -0.2) is 19.3 Å². The van der Waals surface area contributed by atoms with Gasteiger partial charge in [-0.15, -0.1) is 0 Å². The Labute approximate surface area is 82.8 Å². The number of nitrogens with two attached hydrogens (primary N) is 1. The van der Waals surface area contributed by atoms with Crippen molar-refractivity contribution >= 4 is 0 Å². The lowest BCUT2D eigenvalue weighted by Crippen LogP contribution is -2.29. The van der Waals surface area contributed by atoms with Gasteiger partial charge in [-0.05, 0) is 38.1 Å². The minimum Gasteiger partial charge on any atom is -0.379 e. The summed E-state index contributed by atoms with van der Waals surface area (Å²) in [7, 11) is 0. The van der Waals surface area contributed by atoms with Crippen molar-refractivity contribution in [3.63, 3.8) is 0 Å². The van der Waals surface area contributed by atoms with Crippen molar-refractivity contribution in [2.45, 2.75) is 47.1 Å². The highest BCUT2D eigenvalue weighted by molar-refractivity contribution is 4.74. The molecule has 0 amide bonds. The molecule has 0 aliphatic carbocycles. The fourth-order valence-corrected chi connectivity index (χ4v) is 1.35. The molecule has 2 heteroatoms. The van der Waals surface area contributed by atoms with Crippen LogP contribution >= 0.6 is 0 Å². The predicted molar refractivity (Wildman–Crippen MR) is 57.7 cm³/mol. The summed E-state index contributed by atoms with van der Waals surface area (Å²) < 4.78 is 5.51. The molecule has 0 saturated carbocycles. The summed E-state index contributed by atoms with van der Waals surface area (Å²) in [6, 6.07) is 0. The number of hydrogen-bond donors (Lipinski definition) is 1. The van der Waals surface area contributed by atoms with Gasteiger partial charge in [-0.3, -0.25) is 0 Å². The molecule has 0 aromatic carbocycles. The van der Waals surface area contributed by atoms with Crippen molar-refractivity contribution in [1.82, 2.24) is 0 Å². The molecular formula is C11H25NO. The summed E-state index contributed by atoms with van der Waals surface area (Å²) in [5.41, 5.74) is 6.02. The van der Waals surface area contributed by atoms with Gasteiger partial charge in [0.15, 0.2) is 0 Å². The van der Waals surface area contributed by atoms with Gasteiger partial charge in [0.05, 0.1) is 6.10 Å². The van der Waals surface area contributed by atoms with E-state index in [-0.39, 0.29) is 0 Å². The van der Waals surface area contributed by atoms with Crippen LogP contribution in [0.5, 0.6) is 0 Å². The highest BCUT2D eigenvalue weighted by atomic mass is 16.5. The van der Waals surface area contributed by atoms with Crippen LogP contribution in [0.1, 0.15) is 41.0 Å². The maximum atomic E-state index is 5.72. The van der Waals surface area contributed by atoms with E-state index in [2.05, 4.69) is 34.6 Å². The van der Waals surface area contributed by atoms with Gasteiger partial charge in [0.25, 0.3) is 0 Å². The van der Waals surface area contributed by atoms with E-state index in [9.17, 15) is 0 Å². The minimum atomic E-state index is 0.301. The van der Waals surface area contributed by atoms with E-state index in [0.717, 1.165) is 19.6 Å². The van der Waals surface area contributed by atoms with Gasteiger partial charge < -0.3 is 10.5 Å². The SMILES string of the molecule is CC(C)OCCC(CN)C(C)(C)C. The van der Waals surface area contributed by atoms with E-state index in [1.54, 1.807) is 0 Å². The first kappa shape index (κ1) is 12.9. The van der Waals surface area contributed by atoms with E-state index in [1.807, 2.05) is 0 Å². The summed E-state index contributed by atoms with van der Waals surface area (Å²) in [5, 5.41) is 0. The average Bonchev–Trinajstić information content (AvgIpc) is 1.95. The van der Waals surface area contributed by atoms with Crippen molar-refractivity contribution in [2.75, 3.05) is 13.2 Å². The first-order chi connectivity index (χ1) is 5.88. The van der Waals surface area contributed by atoms with E-state index in [0.29, 0.717) is 17.4 Å². The van der Waals surface area contributed by atoms with Crippen molar-refractivity contribution < 1.29 is 4.74 Å². The van der Waals surface area contributed by atoms with Gasteiger partial charge in [-0.2, -0.15) is 0 Å². The third-order valence-electron chi connectivity index (χ3n) is 2.43. The fourth-order valence-electron chi connectivity index (χ4n) is 1.35. The Bertz CT molecular complexity index is 127. The molecule has 0 aromatic heterocycles. The third-order valence-corrected chi connectivity index (χ3v) is 2.43. The number of ether oxygens (including phenoxy) is 1. The van der Waals surface area contributed by atoms with E-state index in [4.69, 9.17) is 10.5 Å². The molecule has 1 unspecified atom stereocenters. The van der Waals surface area contributed by atoms with Crippen molar-refractivity contribution in [2.24, 2.45) is 17.1 Å². The standard InChI is InChI=1S/C11H25NO/c1-9(2)13-7-6-10(8-12)11(3,4)5/h9-10H,6-8,12H2,1-5H3. The Kier molecular flexibility index (Phi) is 5.57. The molecule has 0 aromatic rings. The smallest absolute Gasteiger partial charge is 0.0518 e. The summed E-state index contributed by atoms with van der Waals surface area (Å²) in [4.78, 5) is 0. The van der Waals surface area contributed by atoms with Crippen LogP contribution in [0.4, 0.5) is 0 Å². The van der Waals surface area contributed by atoms with Gasteiger partial charge in [-0.25, -0.2) is 0 Å². The highest BCUT2D eigenvalue weighted by Gasteiger charge is 2.22. The third kappa shape index (κ3) is 6.05. The molecule has 1 atom stereocenters. The van der Waals surface area contributed by atoms with Crippen LogP contribution in [0.25, 0.3) is 0 Å². The molecule has 0 saturated heterocycles. The lowest BCUT2D eigenvalue weighted by Gasteiger charge is -2.29. The van der Waals surface area contributed by atoms with Gasteiger partial charge >= 0.3 is 0 Å². The van der Waals surface area contributed by atoms with E-state index < -0.39 is 0 Å². The summed E-state index contributed by atoms with van der Waals surface area (Å²) in [6.07, 6.45) is 1.40. The van der Waals surface area contributed by atoms with Crippen LogP contribution in [0.2, 0.25) is 0 Å². The Morgan fingerprint density at radius 3 is 2.08 bits per heavy atom. The molecule has 0 heterocycles. The first-order valence-electron chi connectivity index (χ1n) is 5.19. The van der Waals surface area contributed by atoms with Crippen LogP contribution in [-0.2, 0) is 4.74 Å². The predicted octanol–water partition coefficient (Wildman–Crippen LogP) is 2.42. The van der Waals surface area contributed by atoms with Crippen LogP contribution in [0.3, 0.4) is 0 Å². The number of rotatable bonds is 5. The molecule has 0 aliphatic rings. The van der Waals surface area contributed by atoms with Gasteiger partial charge in [0.2, 0.25) is 0 Å². The average molecular weight is 187 g/mol. The zero-order valence-electron chi connectivity index (χ0n) is 9.76.